The van der Waals surface area contributed by atoms with Crippen molar-refractivity contribution in [1.82, 2.24) is 9.44 Å². The van der Waals surface area contributed by atoms with Gasteiger partial charge >= 0.3 is 0 Å². The van der Waals surface area contributed by atoms with E-state index in [1.807, 2.05) is 0 Å². The average Bonchev–Trinajstić information content (AvgIpc) is 2.08. The molecule has 6 heteroatoms. The molecule has 1 fully saturated rings. The minimum Gasteiger partial charge on any atom is -0.328 e. The summed E-state index contributed by atoms with van der Waals surface area (Å²) in [6.45, 7) is 2.18. The summed E-state index contributed by atoms with van der Waals surface area (Å²) < 4.78 is 27.7. The van der Waals surface area contributed by atoms with Crippen molar-refractivity contribution in [3.8, 4) is 0 Å². The Balaban J connectivity index is 2.37. The molecule has 1 aliphatic carbocycles. The van der Waals surface area contributed by atoms with Crippen LogP contribution in [0.3, 0.4) is 0 Å². The Morgan fingerprint density at radius 3 is 2.36 bits per heavy atom. The van der Waals surface area contributed by atoms with Crippen LogP contribution in [0.5, 0.6) is 0 Å². The van der Waals surface area contributed by atoms with Gasteiger partial charge in [-0.15, -0.1) is 0 Å². The van der Waals surface area contributed by atoms with Gasteiger partial charge in [0.15, 0.2) is 0 Å². The topological polar surface area (TPSA) is 84.2 Å². The lowest BCUT2D eigenvalue weighted by molar-refractivity contribution is 0.372. The third kappa shape index (κ3) is 3.91. The third-order valence-corrected chi connectivity index (χ3v) is 3.74. The molecule has 0 atom stereocenters. The van der Waals surface area contributed by atoms with Gasteiger partial charge in [0.1, 0.15) is 0 Å². The first-order valence-electron chi connectivity index (χ1n) is 5.06. The highest BCUT2D eigenvalue weighted by Gasteiger charge is 2.22. The Morgan fingerprint density at radius 2 is 1.86 bits per heavy atom. The fourth-order valence-electron chi connectivity index (χ4n) is 1.69. The molecule has 1 rings (SSSR count). The van der Waals surface area contributed by atoms with Crippen LogP contribution in [0.15, 0.2) is 0 Å². The number of rotatable bonds is 4. The lowest BCUT2D eigenvalue weighted by Gasteiger charge is -2.26. The van der Waals surface area contributed by atoms with E-state index in [-0.39, 0.29) is 12.1 Å². The van der Waals surface area contributed by atoms with E-state index in [9.17, 15) is 8.42 Å². The highest BCUT2D eigenvalue weighted by atomic mass is 32.2. The van der Waals surface area contributed by atoms with Crippen molar-refractivity contribution < 1.29 is 8.42 Å². The summed E-state index contributed by atoms with van der Waals surface area (Å²) in [4.78, 5) is 0. The zero-order valence-electron chi connectivity index (χ0n) is 8.49. The monoisotopic (exact) mass is 221 g/mol. The van der Waals surface area contributed by atoms with E-state index < -0.39 is 10.2 Å². The van der Waals surface area contributed by atoms with E-state index in [4.69, 9.17) is 5.73 Å². The quantitative estimate of drug-likeness (QED) is 0.609. The summed E-state index contributed by atoms with van der Waals surface area (Å²) in [7, 11) is -3.29. The molecule has 0 aromatic rings. The molecule has 0 bridgehead atoms. The van der Waals surface area contributed by atoms with E-state index in [0.29, 0.717) is 6.54 Å². The standard InChI is InChI=1S/C8H19N3O2S/c1-2-10-14(12,13)11-8-5-3-7(9)4-6-8/h7-8,10-11H,2-6,9H2,1H3. The SMILES string of the molecule is CCNS(=O)(=O)NC1CCC(N)CC1. The van der Waals surface area contributed by atoms with Crippen LogP contribution in [0.1, 0.15) is 32.6 Å². The molecule has 5 nitrogen and oxygen atoms in total. The molecule has 0 aliphatic heterocycles. The van der Waals surface area contributed by atoms with Crippen molar-refractivity contribution in [2.24, 2.45) is 5.73 Å². The van der Waals surface area contributed by atoms with Crippen molar-refractivity contribution in [2.75, 3.05) is 6.54 Å². The summed E-state index contributed by atoms with van der Waals surface area (Å²) in [5, 5.41) is 0. The number of hydrogen-bond donors (Lipinski definition) is 3. The number of nitrogens with one attached hydrogen (secondary N) is 2. The first-order chi connectivity index (χ1) is 6.53. The second kappa shape index (κ2) is 5.06. The highest BCUT2D eigenvalue weighted by molar-refractivity contribution is 7.87. The maximum Gasteiger partial charge on any atom is 0.277 e. The Bertz CT molecular complexity index is 258. The van der Waals surface area contributed by atoms with E-state index >= 15 is 0 Å². The average molecular weight is 221 g/mol. The van der Waals surface area contributed by atoms with Gasteiger partial charge in [-0.25, -0.2) is 4.72 Å². The smallest absolute Gasteiger partial charge is 0.277 e. The molecular formula is C8H19N3O2S. The van der Waals surface area contributed by atoms with Crippen LogP contribution >= 0.6 is 0 Å². The van der Waals surface area contributed by atoms with Gasteiger partial charge in [-0.05, 0) is 25.7 Å². The Hall–Kier alpha value is -0.170. The first-order valence-corrected chi connectivity index (χ1v) is 6.54. The third-order valence-electron chi connectivity index (χ3n) is 2.43. The molecule has 84 valence electrons. The van der Waals surface area contributed by atoms with Crippen molar-refractivity contribution in [1.29, 1.82) is 0 Å². The van der Waals surface area contributed by atoms with Crippen LogP contribution < -0.4 is 15.2 Å². The van der Waals surface area contributed by atoms with Crippen molar-refractivity contribution in [3.05, 3.63) is 0 Å². The van der Waals surface area contributed by atoms with Gasteiger partial charge in [0.2, 0.25) is 0 Å². The fraction of sp³-hybridized carbons (Fsp3) is 1.00. The van der Waals surface area contributed by atoms with Crippen LogP contribution in [-0.4, -0.2) is 27.0 Å². The molecule has 0 radical (unpaired) electrons. The largest absolute Gasteiger partial charge is 0.328 e. The zero-order valence-corrected chi connectivity index (χ0v) is 9.31. The molecule has 0 aromatic heterocycles. The van der Waals surface area contributed by atoms with Crippen LogP contribution in [0.25, 0.3) is 0 Å². The Morgan fingerprint density at radius 1 is 1.29 bits per heavy atom. The van der Waals surface area contributed by atoms with Gasteiger partial charge < -0.3 is 5.73 Å². The maximum absolute atomic E-state index is 11.3. The van der Waals surface area contributed by atoms with E-state index in [2.05, 4.69) is 9.44 Å². The van der Waals surface area contributed by atoms with Gasteiger partial charge in [0.25, 0.3) is 10.2 Å². The molecule has 0 amide bonds. The molecule has 14 heavy (non-hydrogen) atoms. The summed E-state index contributed by atoms with van der Waals surface area (Å²) in [6.07, 6.45) is 3.48. The summed E-state index contributed by atoms with van der Waals surface area (Å²) in [6, 6.07) is 0.300. The predicted molar refractivity (Wildman–Crippen MR) is 56.0 cm³/mol. The lowest BCUT2D eigenvalue weighted by Crippen LogP contribution is -2.45. The summed E-state index contributed by atoms with van der Waals surface area (Å²) >= 11 is 0. The number of hydrogen-bond acceptors (Lipinski definition) is 3. The van der Waals surface area contributed by atoms with E-state index in [0.717, 1.165) is 25.7 Å². The fourth-order valence-corrected chi connectivity index (χ4v) is 2.83. The van der Waals surface area contributed by atoms with Gasteiger partial charge in [-0.2, -0.15) is 13.1 Å². The second-order valence-corrected chi connectivity index (χ2v) is 5.26. The molecule has 0 heterocycles. The highest BCUT2D eigenvalue weighted by Crippen LogP contribution is 2.17. The van der Waals surface area contributed by atoms with Gasteiger partial charge in [-0.1, -0.05) is 6.92 Å². The number of nitrogens with two attached hydrogens (primary N) is 1. The lowest BCUT2D eigenvalue weighted by atomic mass is 9.93. The van der Waals surface area contributed by atoms with E-state index in [1.165, 1.54) is 0 Å². The summed E-state index contributed by atoms with van der Waals surface area (Å²) in [5.74, 6) is 0. The van der Waals surface area contributed by atoms with Crippen molar-refractivity contribution in [2.45, 2.75) is 44.7 Å². The van der Waals surface area contributed by atoms with Gasteiger partial charge in [-0.3, -0.25) is 0 Å². The molecule has 0 spiro atoms. The molecule has 0 aromatic carbocycles. The second-order valence-electron chi connectivity index (χ2n) is 3.73. The van der Waals surface area contributed by atoms with Crippen LogP contribution in [0.2, 0.25) is 0 Å². The minimum atomic E-state index is -3.29. The van der Waals surface area contributed by atoms with Gasteiger partial charge in [0.05, 0.1) is 0 Å². The van der Waals surface area contributed by atoms with Crippen molar-refractivity contribution in [3.63, 3.8) is 0 Å². The van der Waals surface area contributed by atoms with Crippen LogP contribution in [0, 0.1) is 0 Å². The Kier molecular flexibility index (Phi) is 4.31. The molecule has 0 saturated heterocycles. The minimum absolute atomic E-state index is 0.0545. The molecule has 1 aliphatic rings. The van der Waals surface area contributed by atoms with Crippen LogP contribution in [-0.2, 0) is 10.2 Å². The first kappa shape index (κ1) is 11.9. The van der Waals surface area contributed by atoms with Crippen molar-refractivity contribution >= 4 is 10.2 Å². The van der Waals surface area contributed by atoms with Gasteiger partial charge in [0, 0.05) is 18.6 Å². The zero-order chi connectivity index (χ0) is 10.6. The molecular weight excluding hydrogens is 202 g/mol. The molecule has 0 unspecified atom stereocenters. The molecule has 1 saturated carbocycles. The maximum atomic E-state index is 11.3. The van der Waals surface area contributed by atoms with Crippen LogP contribution in [0.4, 0.5) is 0 Å². The summed E-state index contributed by atoms with van der Waals surface area (Å²) in [5.41, 5.74) is 5.73. The normalized spacial score (nSPS) is 29.0. The molecule has 4 N–H and O–H groups in total. The Labute approximate surface area is 85.6 Å². The predicted octanol–water partition coefficient (Wildman–Crippen LogP) is -0.300. The van der Waals surface area contributed by atoms with E-state index in [1.54, 1.807) is 6.92 Å².